The first-order valence-electron chi connectivity index (χ1n) is 3.67. The minimum absolute atomic E-state index is 0.342. The van der Waals surface area contributed by atoms with E-state index >= 15 is 0 Å². The maximum absolute atomic E-state index is 9.72. The zero-order valence-corrected chi connectivity index (χ0v) is 10.5. The van der Waals surface area contributed by atoms with Gasteiger partial charge in [-0.05, 0) is 32.9 Å². The van der Waals surface area contributed by atoms with Crippen molar-refractivity contribution < 1.29 is 5.11 Å². The van der Waals surface area contributed by atoms with Crippen LogP contribution in [0.4, 0.5) is 0 Å². The van der Waals surface area contributed by atoms with Crippen molar-refractivity contribution in [3.63, 3.8) is 0 Å². The molecule has 0 saturated heterocycles. The topological polar surface area (TPSA) is 20.2 Å². The molecule has 68 valence electrons. The summed E-state index contributed by atoms with van der Waals surface area (Å²) in [4.78, 5) is 0. The van der Waals surface area contributed by atoms with E-state index in [1.54, 1.807) is 11.3 Å². The van der Waals surface area contributed by atoms with Crippen LogP contribution in [0.25, 0.3) is 10.1 Å². The fourth-order valence-corrected chi connectivity index (χ4v) is 3.37. The van der Waals surface area contributed by atoms with Crippen LogP contribution in [0, 0.1) is 0 Å². The molecule has 0 aliphatic heterocycles. The van der Waals surface area contributed by atoms with Crippen molar-refractivity contribution in [3.8, 4) is 5.75 Å². The van der Waals surface area contributed by atoms with Crippen molar-refractivity contribution in [2.45, 2.75) is 5.33 Å². The first kappa shape index (κ1) is 9.49. The highest BCUT2D eigenvalue weighted by Crippen LogP contribution is 2.38. The van der Waals surface area contributed by atoms with E-state index in [9.17, 15) is 5.11 Å². The second kappa shape index (κ2) is 3.59. The lowest BCUT2D eigenvalue weighted by molar-refractivity contribution is 0.479. The number of alkyl halides is 1. The van der Waals surface area contributed by atoms with Crippen LogP contribution in [0.15, 0.2) is 22.0 Å². The van der Waals surface area contributed by atoms with Crippen LogP contribution >= 0.6 is 43.2 Å². The van der Waals surface area contributed by atoms with Crippen LogP contribution in [0.2, 0.25) is 0 Å². The predicted molar refractivity (Wildman–Crippen MR) is 63.8 cm³/mol. The van der Waals surface area contributed by atoms with Crippen molar-refractivity contribution in [3.05, 3.63) is 27.5 Å². The van der Waals surface area contributed by atoms with Gasteiger partial charge in [-0.25, -0.2) is 0 Å². The number of aromatic hydroxyl groups is 1. The van der Waals surface area contributed by atoms with Gasteiger partial charge in [-0.15, -0.1) is 11.3 Å². The monoisotopic (exact) mass is 320 g/mol. The lowest BCUT2D eigenvalue weighted by atomic mass is 10.2. The smallest absolute Gasteiger partial charge is 0.147 e. The Hall–Kier alpha value is -0.0600. The second-order valence-corrected chi connectivity index (χ2v) is 4.96. The first-order chi connectivity index (χ1) is 6.24. The summed E-state index contributed by atoms with van der Waals surface area (Å²) in [5, 5.41) is 13.7. The molecule has 2 rings (SSSR count). The van der Waals surface area contributed by atoms with Crippen molar-refractivity contribution in [1.29, 1.82) is 0 Å². The van der Waals surface area contributed by atoms with Gasteiger partial charge in [0.15, 0.2) is 0 Å². The number of hydrogen-bond donors (Lipinski definition) is 1. The molecule has 1 nitrogen and oxygen atoms in total. The van der Waals surface area contributed by atoms with Crippen LogP contribution in [-0.2, 0) is 5.33 Å². The third-order valence-corrected chi connectivity index (χ3v) is 4.19. The quantitative estimate of drug-likeness (QED) is 0.778. The summed E-state index contributed by atoms with van der Waals surface area (Å²) in [5.41, 5.74) is 1.22. The van der Waals surface area contributed by atoms with Gasteiger partial charge < -0.3 is 5.11 Å². The average Bonchev–Trinajstić information content (AvgIpc) is 2.55. The van der Waals surface area contributed by atoms with Gasteiger partial charge in [0.25, 0.3) is 0 Å². The van der Waals surface area contributed by atoms with Crippen LogP contribution in [0.1, 0.15) is 5.56 Å². The molecule has 0 radical (unpaired) electrons. The zero-order chi connectivity index (χ0) is 9.42. The van der Waals surface area contributed by atoms with Gasteiger partial charge in [0, 0.05) is 10.7 Å². The van der Waals surface area contributed by atoms with E-state index in [4.69, 9.17) is 0 Å². The summed E-state index contributed by atoms with van der Waals surface area (Å²) >= 11 is 8.28. The van der Waals surface area contributed by atoms with Crippen molar-refractivity contribution in [1.82, 2.24) is 0 Å². The standard InChI is InChI=1S/C9H6Br2OS/c10-3-5-4-13-9-6(5)1-2-7(11)8(9)12/h1-2,4,12H,3H2. The summed E-state index contributed by atoms with van der Waals surface area (Å²) in [6, 6.07) is 3.89. The number of phenols is 1. The van der Waals surface area contributed by atoms with E-state index in [1.807, 2.05) is 12.1 Å². The maximum Gasteiger partial charge on any atom is 0.147 e. The molecule has 0 bridgehead atoms. The number of phenolic OH excluding ortho intramolecular Hbond substituents is 1. The molecule has 0 atom stereocenters. The van der Waals surface area contributed by atoms with E-state index in [2.05, 4.69) is 37.2 Å². The molecule has 13 heavy (non-hydrogen) atoms. The number of rotatable bonds is 1. The summed E-state index contributed by atoms with van der Waals surface area (Å²) in [6.45, 7) is 0. The van der Waals surface area contributed by atoms with Gasteiger partial charge in [0.1, 0.15) is 5.75 Å². The lowest BCUT2D eigenvalue weighted by Crippen LogP contribution is -1.73. The van der Waals surface area contributed by atoms with Gasteiger partial charge in [0.2, 0.25) is 0 Å². The first-order valence-corrected chi connectivity index (χ1v) is 6.47. The molecule has 2 aromatic rings. The Balaban J connectivity index is 2.81. The van der Waals surface area contributed by atoms with Gasteiger partial charge >= 0.3 is 0 Å². The molecule has 0 aliphatic carbocycles. The Morgan fingerprint density at radius 3 is 2.85 bits per heavy atom. The molecule has 4 heteroatoms. The summed E-state index contributed by atoms with van der Waals surface area (Å²) in [6.07, 6.45) is 0. The predicted octanol–water partition coefficient (Wildman–Crippen LogP) is 4.26. The van der Waals surface area contributed by atoms with E-state index < -0.39 is 0 Å². The molecule has 1 N–H and O–H groups in total. The zero-order valence-electron chi connectivity index (χ0n) is 6.55. The van der Waals surface area contributed by atoms with Crippen molar-refractivity contribution in [2.24, 2.45) is 0 Å². The Morgan fingerprint density at radius 1 is 1.38 bits per heavy atom. The second-order valence-electron chi connectivity index (χ2n) is 2.67. The number of thiophene rings is 1. The van der Waals surface area contributed by atoms with Crippen LogP contribution in [-0.4, -0.2) is 5.11 Å². The minimum atomic E-state index is 0.342. The third kappa shape index (κ3) is 1.51. The third-order valence-electron chi connectivity index (χ3n) is 1.89. The number of fused-ring (bicyclic) bond motifs is 1. The van der Waals surface area contributed by atoms with Crippen molar-refractivity contribution >= 4 is 53.3 Å². The Kier molecular flexibility index (Phi) is 2.62. The Labute approximate surface area is 96.6 Å². The molecule has 0 unspecified atom stereocenters. The molecule has 1 heterocycles. The fourth-order valence-electron chi connectivity index (χ4n) is 1.22. The highest BCUT2D eigenvalue weighted by atomic mass is 79.9. The largest absolute Gasteiger partial charge is 0.505 e. The average molecular weight is 322 g/mol. The highest BCUT2D eigenvalue weighted by molar-refractivity contribution is 9.10. The van der Waals surface area contributed by atoms with E-state index in [-0.39, 0.29) is 0 Å². The Bertz CT molecular complexity index is 450. The molecular weight excluding hydrogens is 316 g/mol. The van der Waals surface area contributed by atoms with Gasteiger partial charge in [0.05, 0.1) is 9.17 Å². The SMILES string of the molecule is Oc1c(Br)ccc2c(CBr)csc12. The molecule has 1 aromatic carbocycles. The molecule has 0 saturated carbocycles. The van der Waals surface area contributed by atoms with E-state index in [0.29, 0.717) is 5.75 Å². The molecule has 0 spiro atoms. The van der Waals surface area contributed by atoms with Crippen LogP contribution < -0.4 is 0 Å². The molecule has 0 fully saturated rings. The van der Waals surface area contributed by atoms with Crippen molar-refractivity contribution in [2.75, 3.05) is 0 Å². The molecule has 1 aromatic heterocycles. The van der Waals surface area contributed by atoms with Gasteiger partial charge in [-0.1, -0.05) is 22.0 Å². The van der Waals surface area contributed by atoms with Crippen LogP contribution in [0.3, 0.4) is 0 Å². The number of benzene rings is 1. The summed E-state index contributed by atoms with van der Waals surface area (Å²) in [5.74, 6) is 0.342. The highest BCUT2D eigenvalue weighted by Gasteiger charge is 2.08. The molecule has 0 amide bonds. The Morgan fingerprint density at radius 2 is 2.15 bits per heavy atom. The van der Waals surface area contributed by atoms with Crippen LogP contribution in [0.5, 0.6) is 5.75 Å². The fraction of sp³-hybridized carbons (Fsp3) is 0.111. The maximum atomic E-state index is 9.72. The molecule has 0 aliphatic rings. The minimum Gasteiger partial charge on any atom is -0.505 e. The normalized spacial score (nSPS) is 10.9. The summed E-state index contributed by atoms with van der Waals surface area (Å²) < 4.78 is 1.70. The summed E-state index contributed by atoms with van der Waals surface area (Å²) in [7, 11) is 0. The van der Waals surface area contributed by atoms with Gasteiger partial charge in [-0.2, -0.15) is 0 Å². The van der Waals surface area contributed by atoms with Gasteiger partial charge in [-0.3, -0.25) is 0 Å². The van der Waals surface area contributed by atoms with E-state index in [0.717, 1.165) is 19.9 Å². The number of halogens is 2. The number of hydrogen-bond acceptors (Lipinski definition) is 2. The molecular formula is C9H6Br2OS. The van der Waals surface area contributed by atoms with E-state index in [1.165, 1.54) is 5.56 Å². The lowest BCUT2D eigenvalue weighted by Gasteiger charge is -1.98.